The van der Waals surface area contributed by atoms with Crippen LogP contribution < -0.4 is 0 Å². The third kappa shape index (κ3) is 4.69. The van der Waals surface area contributed by atoms with Gasteiger partial charge in [-0.15, -0.1) is 0 Å². The van der Waals surface area contributed by atoms with Gasteiger partial charge < -0.3 is 0 Å². The Morgan fingerprint density at radius 3 is 1.51 bits per heavy atom. The van der Waals surface area contributed by atoms with Crippen molar-refractivity contribution in [2.45, 2.75) is 24.2 Å². The molecule has 1 aliphatic carbocycles. The van der Waals surface area contributed by atoms with E-state index in [0.717, 1.165) is 6.42 Å². The van der Waals surface area contributed by atoms with Crippen molar-refractivity contribution in [2.24, 2.45) is 0 Å². The Balaban J connectivity index is 1.08. The van der Waals surface area contributed by atoms with Crippen LogP contribution in [0.15, 0.2) is 178 Å². The van der Waals surface area contributed by atoms with E-state index in [1.54, 1.807) is 11.3 Å². The number of aryl methyl sites for hydroxylation is 1. The van der Waals surface area contributed by atoms with Gasteiger partial charge in [-0.1, -0.05) is 170 Å². The third-order valence-electron chi connectivity index (χ3n) is 11.5. The highest BCUT2D eigenvalue weighted by Gasteiger charge is 2.34. The number of hydrogen-bond acceptors (Lipinski definition) is 2. The van der Waals surface area contributed by atoms with Gasteiger partial charge in [-0.3, -0.25) is 0 Å². The highest BCUT2D eigenvalue weighted by molar-refractivity contribution is 8.03. The number of rotatable bonds is 4. The van der Waals surface area contributed by atoms with E-state index in [4.69, 9.17) is 0 Å². The number of thiophene rings is 1. The van der Waals surface area contributed by atoms with Gasteiger partial charge in [-0.2, -0.15) is 11.3 Å². The minimum atomic E-state index is 0.325. The summed E-state index contributed by atoms with van der Waals surface area (Å²) in [4.78, 5) is 2.85. The van der Waals surface area contributed by atoms with Crippen LogP contribution in [0, 0.1) is 6.92 Å². The molecule has 8 aromatic carbocycles. The van der Waals surface area contributed by atoms with E-state index in [-0.39, 0.29) is 0 Å². The highest BCUT2D eigenvalue weighted by atomic mass is 32.2. The van der Waals surface area contributed by atoms with E-state index in [1.165, 1.54) is 109 Å². The molecule has 11 rings (SSSR count). The Kier molecular flexibility index (Phi) is 7.12. The Bertz CT molecular complexity index is 2900. The van der Waals surface area contributed by atoms with Crippen molar-refractivity contribution in [3.8, 4) is 33.4 Å². The van der Waals surface area contributed by atoms with Gasteiger partial charge in [0.25, 0.3) is 0 Å². The Morgan fingerprint density at radius 1 is 0.453 bits per heavy atom. The quantitative estimate of drug-likeness (QED) is 0.164. The second-order valence-electron chi connectivity index (χ2n) is 14.4. The van der Waals surface area contributed by atoms with Crippen LogP contribution in [0.1, 0.15) is 29.0 Å². The van der Waals surface area contributed by atoms with E-state index < -0.39 is 0 Å². The fourth-order valence-corrected chi connectivity index (χ4v) is 11.4. The van der Waals surface area contributed by atoms with Gasteiger partial charge in [0.1, 0.15) is 0 Å². The molecular weight excluding hydrogens is 677 g/mol. The zero-order valence-electron chi connectivity index (χ0n) is 29.3. The standard InChI is InChI=1S/C51H34S2/c1-31-29-52-30-45(31)50-40-22-11-9-20-38(40)49(39-21-10-12-23-41(39)50)43-25-13-24-42-44-28-33(26-27-46(44)53-51(42)43)48-36-18-7-5-16-34(36)47(32-14-3-2-4-15-32)35-17-6-8-19-37(35)48/h2-27,29-30,44H,28H2,1H3. The van der Waals surface area contributed by atoms with Crippen LogP contribution in [0.4, 0.5) is 0 Å². The number of thioether (sulfide) groups is 1. The molecule has 1 atom stereocenters. The normalized spacial score (nSPS) is 15.2. The van der Waals surface area contributed by atoms with Crippen molar-refractivity contribution in [1.82, 2.24) is 0 Å². The lowest BCUT2D eigenvalue weighted by Crippen LogP contribution is -2.03. The minimum Gasteiger partial charge on any atom is -0.151 e. The molecule has 2 heterocycles. The van der Waals surface area contributed by atoms with Crippen molar-refractivity contribution >= 4 is 71.8 Å². The smallest absolute Gasteiger partial charge is 0.0236 e. The van der Waals surface area contributed by atoms with E-state index in [0.29, 0.717) is 5.92 Å². The molecule has 0 radical (unpaired) electrons. The van der Waals surface area contributed by atoms with Gasteiger partial charge >= 0.3 is 0 Å². The Hall–Kier alpha value is -5.67. The second kappa shape index (κ2) is 12.2. The van der Waals surface area contributed by atoms with E-state index in [1.807, 2.05) is 11.8 Å². The molecule has 0 saturated heterocycles. The predicted molar refractivity (Wildman–Crippen MR) is 231 cm³/mol. The van der Waals surface area contributed by atoms with Gasteiger partial charge in [0.05, 0.1) is 0 Å². The van der Waals surface area contributed by atoms with Crippen LogP contribution in [0.5, 0.6) is 0 Å². The summed E-state index contributed by atoms with van der Waals surface area (Å²) < 4.78 is 0. The van der Waals surface area contributed by atoms with Crippen molar-refractivity contribution in [3.05, 3.63) is 190 Å². The van der Waals surface area contributed by atoms with Crippen LogP contribution in [-0.2, 0) is 0 Å². The van der Waals surface area contributed by atoms with Gasteiger partial charge in [-0.25, -0.2) is 0 Å². The maximum Gasteiger partial charge on any atom is 0.0236 e. The summed E-state index contributed by atoms with van der Waals surface area (Å²) in [5.41, 5.74) is 13.5. The fraction of sp³-hybridized carbons (Fsp3) is 0.0588. The van der Waals surface area contributed by atoms with Crippen LogP contribution in [0.3, 0.4) is 0 Å². The van der Waals surface area contributed by atoms with Crippen LogP contribution >= 0.6 is 23.1 Å². The number of allylic oxidation sites excluding steroid dienone is 4. The molecule has 0 nitrogen and oxygen atoms in total. The first-order valence-electron chi connectivity index (χ1n) is 18.4. The third-order valence-corrected chi connectivity index (χ3v) is 13.7. The molecule has 9 aromatic rings. The maximum absolute atomic E-state index is 2.42. The first-order chi connectivity index (χ1) is 26.2. The molecule has 250 valence electrons. The molecule has 1 aliphatic heterocycles. The first kappa shape index (κ1) is 30.9. The molecule has 0 bridgehead atoms. The van der Waals surface area contributed by atoms with Gasteiger partial charge in [0, 0.05) is 10.8 Å². The predicted octanol–water partition coefficient (Wildman–Crippen LogP) is 15.2. The molecule has 53 heavy (non-hydrogen) atoms. The van der Waals surface area contributed by atoms with Crippen molar-refractivity contribution in [3.63, 3.8) is 0 Å². The van der Waals surface area contributed by atoms with Gasteiger partial charge in [0.15, 0.2) is 0 Å². The van der Waals surface area contributed by atoms with Crippen molar-refractivity contribution < 1.29 is 0 Å². The molecule has 0 amide bonds. The average molecular weight is 711 g/mol. The Morgan fingerprint density at radius 2 is 0.962 bits per heavy atom. The lowest BCUT2D eigenvalue weighted by Gasteiger charge is -2.24. The summed E-state index contributed by atoms with van der Waals surface area (Å²) in [7, 11) is 0. The molecular formula is C51H34S2. The zero-order valence-corrected chi connectivity index (χ0v) is 30.9. The summed E-state index contributed by atoms with van der Waals surface area (Å²) in [6.07, 6.45) is 5.82. The topological polar surface area (TPSA) is 0 Å². The van der Waals surface area contributed by atoms with E-state index >= 15 is 0 Å². The number of benzene rings is 8. The van der Waals surface area contributed by atoms with Crippen molar-refractivity contribution in [1.29, 1.82) is 0 Å². The summed E-state index contributed by atoms with van der Waals surface area (Å²) in [6.45, 7) is 2.24. The van der Waals surface area contributed by atoms with Crippen LogP contribution in [0.25, 0.3) is 82.0 Å². The van der Waals surface area contributed by atoms with Crippen LogP contribution in [-0.4, -0.2) is 0 Å². The lowest BCUT2D eigenvalue weighted by atomic mass is 9.80. The molecule has 1 aromatic heterocycles. The van der Waals surface area contributed by atoms with Crippen molar-refractivity contribution in [2.75, 3.05) is 0 Å². The Labute approximate surface area is 317 Å². The maximum atomic E-state index is 2.42. The molecule has 0 spiro atoms. The second-order valence-corrected chi connectivity index (χ2v) is 16.2. The number of hydrogen-bond donors (Lipinski definition) is 0. The zero-order chi connectivity index (χ0) is 35.0. The van der Waals surface area contributed by atoms with Crippen LogP contribution in [0.2, 0.25) is 0 Å². The minimum absolute atomic E-state index is 0.325. The fourth-order valence-electron chi connectivity index (χ4n) is 9.21. The van der Waals surface area contributed by atoms with Gasteiger partial charge in [0.2, 0.25) is 0 Å². The first-order valence-corrected chi connectivity index (χ1v) is 20.2. The van der Waals surface area contributed by atoms with E-state index in [9.17, 15) is 0 Å². The summed E-state index contributed by atoms with van der Waals surface area (Å²) >= 11 is 3.78. The molecule has 2 aliphatic rings. The summed E-state index contributed by atoms with van der Waals surface area (Å²) in [5.74, 6) is 0.325. The SMILES string of the molecule is Cc1cscc1-c1c2ccccc2c(-c2cccc3c2SC2=CC=C(c4c5ccccc5c(-c5ccccc5)c5ccccc45)CC23)c2ccccc12. The monoisotopic (exact) mass is 710 g/mol. The number of fused-ring (bicyclic) bond motifs is 7. The molecule has 2 heteroatoms. The average Bonchev–Trinajstić information content (AvgIpc) is 3.82. The highest BCUT2D eigenvalue weighted by Crippen LogP contribution is 2.58. The van der Waals surface area contributed by atoms with Gasteiger partial charge in [-0.05, 0) is 128 Å². The molecule has 0 N–H and O–H groups in total. The van der Waals surface area contributed by atoms with E-state index in [2.05, 4.69) is 175 Å². The summed E-state index contributed by atoms with van der Waals surface area (Å²) in [5, 5.41) is 15.1. The lowest BCUT2D eigenvalue weighted by molar-refractivity contribution is 0.853. The largest absolute Gasteiger partial charge is 0.151 e. The molecule has 0 fully saturated rings. The summed E-state index contributed by atoms with van der Waals surface area (Å²) in [6, 6.07) is 54.1. The molecule has 1 unspecified atom stereocenters. The molecule has 0 saturated carbocycles.